The maximum Gasteiger partial charge on any atom is 0.269 e. The lowest BCUT2D eigenvalue weighted by atomic mass is 10.1. The van der Waals surface area contributed by atoms with Crippen LogP contribution in [0.3, 0.4) is 0 Å². The van der Waals surface area contributed by atoms with E-state index in [0.29, 0.717) is 12.3 Å². The zero-order chi connectivity index (χ0) is 18.8. The van der Waals surface area contributed by atoms with Crippen molar-refractivity contribution in [3.05, 3.63) is 36.2 Å². The molecule has 1 aliphatic rings. The summed E-state index contributed by atoms with van der Waals surface area (Å²) in [5.74, 6) is 0.750. The molecule has 4 rings (SSSR count). The molecule has 2 aromatic heterocycles. The number of nitrogens with one attached hydrogen (secondary N) is 1. The van der Waals surface area contributed by atoms with Crippen LogP contribution in [-0.2, 0) is 7.05 Å². The van der Waals surface area contributed by atoms with E-state index in [4.69, 9.17) is 9.72 Å². The summed E-state index contributed by atoms with van der Waals surface area (Å²) in [6.07, 6.45) is 3.62. The number of aryl methyl sites for hydroxylation is 1. The lowest BCUT2D eigenvalue weighted by Gasteiger charge is -2.32. The van der Waals surface area contributed by atoms with E-state index in [-0.39, 0.29) is 11.9 Å². The van der Waals surface area contributed by atoms with E-state index >= 15 is 0 Å². The Morgan fingerprint density at radius 2 is 2.30 bits per heavy atom. The number of anilines is 1. The van der Waals surface area contributed by atoms with E-state index in [1.54, 1.807) is 35.3 Å². The molecule has 1 atom stereocenters. The van der Waals surface area contributed by atoms with Gasteiger partial charge in [-0.3, -0.25) is 9.48 Å². The number of carbonyl (C=O) groups is 1. The second kappa shape index (κ2) is 7.56. The van der Waals surface area contributed by atoms with Gasteiger partial charge in [0, 0.05) is 32.4 Å². The highest BCUT2D eigenvalue weighted by Gasteiger charge is 2.25. The first kappa shape index (κ1) is 17.8. The molecule has 1 saturated heterocycles. The number of para-hydroxylation sites is 1. The molecule has 0 bridgehead atoms. The molecule has 1 fully saturated rings. The van der Waals surface area contributed by atoms with Crippen LogP contribution in [0.1, 0.15) is 30.3 Å². The zero-order valence-electron chi connectivity index (χ0n) is 15.5. The molecule has 1 aliphatic heterocycles. The third-order valence-electron chi connectivity index (χ3n) is 4.75. The number of rotatable bonds is 5. The number of piperidine rings is 1. The summed E-state index contributed by atoms with van der Waals surface area (Å²) in [5.41, 5.74) is 1.49. The Kier molecular flexibility index (Phi) is 4.98. The van der Waals surface area contributed by atoms with Gasteiger partial charge in [0.1, 0.15) is 17.0 Å². The molecule has 142 valence electrons. The summed E-state index contributed by atoms with van der Waals surface area (Å²) in [5, 5.41) is 8.19. The van der Waals surface area contributed by atoms with Crippen LogP contribution in [-0.4, -0.2) is 46.4 Å². The van der Waals surface area contributed by atoms with E-state index in [2.05, 4.69) is 21.4 Å². The van der Waals surface area contributed by atoms with E-state index in [1.807, 2.05) is 19.1 Å². The van der Waals surface area contributed by atoms with Gasteiger partial charge in [0.15, 0.2) is 5.13 Å². The van der Waals surface area contributed by atoms with Crippen molar-refractivity contribution < 1.29 is 9.53 Å². The minimum atomic E-state index is -0.0789. The average molecular weight is 385 g/mol. The summed E-state index contributed by atoms with van der Waals surface area (Å²) < 4.78 is 8.42. The Morgan fingerprint density at radius 3 is 3.07 bits per heavy atom. The van der Waals surface area contributed by atoms with Crippen molar-refractivity contribution in [3.63, 3.8) is 0 Å². The molecular weight excluding hydrogens is 362 g/mol. The highest BCUT2D eigenvalue weighted by atomic mass is 32.1. The van der Waals surface area contributed by atoms with Gasteiger partial charge in [-0.05, 0) is 38.0 Å². The predicted octanol–water partition coefficient (Wildman–Crippen LogP) is 2.83. The van der Waals surface area contributed by atoms with E-state index < -0.39 is 0 Å². The first-order chi connectivity index (χ1) is 13.2. The van der Waals surface area contributed by atoms with Crippen LogP contribution < -0.4 is 15.0 Å². The molecule has 3 heterocycles. The van der Waals surface area contributed by atoms with Crippen LogP contribution in [0.5, 0.6) is 5.75 Å². The number of hydrogen-bond donors (Lipinski definition) is 1. The largest absolute Gasteiger partial charge is 0.492 e. The molecule has 1 aromatic carbocycles. The normalized spacial score (nSPS) is 17.3. The van der Waals surface area contributed by atoms with Crippen molar-refractivity contribution in [3.8, 4) is 5.75 Å². The number of ether oxygens (including phenoxy) is 1. The Hall–Kier alpha value is -2.61. The van der Waals surface area contributed by atoms with Crippen molar-refractivity contribution >= 4 is 32.6 Å². The van der Waals surface area contributed by atoms with Crippen molar-refractivity contribution in [2.24, 2.45) is 7.05 Å². The quantitative estimate of drug-likeness (QED) is 0.731. The standard InChI is InChI=1S/C19H23N5O2S/c1-3-26-15-7-4-8-16-17(15)22-19(27-16)24-11-5-6-13(12-24)21-18(25)14-9-10-20-23(14)2/h4,7-10,13H,3,5-6,11-12H2,1-2H3,(H,21,25). The number of fused-ring (bicyclic) bond motifs is 1. The van der Waals surface area contributed by atoms with Gasteiger partial charge in [-0.25, -0.2) is 4.98 Å². The zero-order valence-corrected chi connectivity index (χ0v) is 16.3. The SMILES string of the molecule is CCOc1cccc2sc(N3CCCC(NC(=O)c4ccnn4C)C3)nc12. The monoisotopic (exact) mass is 385 g/mol. The molecule has 0 saturated carbocycles. The second-order valence-corrected chi connectivity index (χ2v) is 7.64. The van der Waals surface area contributed by atoms with Crippen LogP contribution in [0.2, 0.25) is 0 Å². The molecule has 0 radical (unpaired) electrons. The number of aromatic nitrogens is 3. The van der Waals surface area contributed by atoms with Gasteiger partial charge in [0.25, 0.3) is 5.91 Å². The topological polar surface area (TPSA) is 72.3 Å². The Bertz CT molecular complexity index is 951. The molecule has 1 unspecified atom stereocenters. The van der Waals surface area contributed by atoms with Crippen molar-refractivity contribution in [2.45, 2.75) is 25.8 Å². The van der Waals surface area contributed by atoms with Crippen LogP contribution in [0.25, 0.3) is 10.2 Å². The van der Waals surface area contributed by atoms with Gasteiger partial charge in [0.2, 0.25) is 0 Å². The number of nitrogens with zero attached hydrogens (tertiary/aromatic N) is 4. The number of hydrogen-bond acceptors (Lipinski definition) is 6. The van der Waals surface area contributed by atoms with Gasteiger partial charge >= 0.3 is 0 Å². The smallest absolute Gasteiger partial charge is 0.269 e. The third kappa shape index (κ3) is 3.62. The first-order valence-electron chi connectivity index (χ1n) is 9.22. The maximum absolute atomic E-state index is 12.5. The summed E-state index contributed by atoms with van der Waals surface area (Å²) in [6.45, 7) is 4.30. The highest BCUT2D eigenvalue weighted by Crippen LogP contribution is 2.35. The first-order valence-corrected chi connectivity index (χ1v) is 10.0. The van der Waals surface area contributed by atoms with Crippen LogP contribution in [0.15, 0.2) is 30.5 Å². The van der Waals surface area contributed by atoms with Crippen molar-refractivity contribution in [1.29, 1.82) is 0 Å². The predicted molar refractivity (Wildman–Crippen MR) is 107 cm³/mol. The minimum absolute atomic E-state index is 0.0789. The number of thiazole rings is 1. The van der Waals surface area contributed by atoms with Gasteiger partial charge in [-0.15, -0.1) is 0 Å². The van der Waals surface area contributed by atoms with E-state index in [1.165, 1.54) is 0 Å². The number of benzene rings is 1. The highest BCUT2D eigenvalue weighted by molar-refractivity contribution is 7.22. The summed E-state index contributed by atoms with van der Waals surface area (Å²) in [6, 6.07) is 7.87. The molecule has 8 heteroatoms. The number of amides is 1. The molecular formula is C19H23N5O2S. The van der Waals surface area contributed by atoms with Gasteiger partial charge in [-0.2, -0.15) is 5.10 Å². The fourth-order valence-corrected chi connectivity index (χ4v) is 4.46. The summed E-state index contributed by atoms with van der Waals surface area (Å²) in [7, 11) is 1.78. The lowest BCUT2D eigenvalue weighted by molar-refractivity contribution is 0.0923. The van der Waals surface area contributed by atoms with Crippen molar-refractivity contribution in [1.82, 2.24) is 20.1 Å². The van der Waals surface area contributed by atoms with E-state index in [9.17, 15) is 4.79 Å². The van der Waals surface area contributed by atoms with Crippen molar-refractivity contribution in [2.75, 3.05) is 24.6 Å². The van der Waals surface area contributed by atoms with Gasteiger partial charge in [-0.1, -0.05) is 17.4 Å². The maximum atomic E-state index is 12.5. The molecule has 1 amide bonds. The molecule has 0 aliphatic carbocycles. The molecule has 7 nitrogen and oxygen atoms in total. The third-order valence-corrected chi connectivity index (χ3v) is 5.83. The second-order valence-electron chi connectivity index (χ2n) is 6.63. The van der Waals surface area contributed by atoms with Crippen LogP contribution >= 0.6 is 11.3 Å². The van der Waals surface area contributed by atoms with Gasteiger partial charge < -0.3 is 15.0 Å². The summed E-state index contributed by atoms with van der Waals surface area (Å²) in [4.78, 5) is 19.6. The number of carbonyl (C=O) groups excluding carboxylic acids is 1. The average Bonchev–Trinajstić information content (AvgIpc) is 3.29. The minimum Gasteiger partial charge on any atom is -0.492 e. The lowest BCUT2D eigenvalue weighted by Crippen LogP contribution is -2.48. The van der Waals surface area contributed by atoms with Gasteiger partial charge in [0.05, 0.1) is 11.3 Å². The molecule has 0 spiro atoms. The summed E-state index contributed by atoms with van der Waals surface area (Å²) >= 11 is 1.67. The Labute approximate surface area is 162 Å². The molecule has 27 heavy (non-hydrogen) atoms. The molecule has 1 N–H and O–H groups in total. The Balaban J connectivity index is 1.50. The van der Waals surface area contributed by atoms with E-state index in [0.717, 1.165) is 47.0 Å². The molecule has 3 aromatic rings. The fourth-order valence-electron chi connectivity index (χ4n) is 3.44. The Morgan fingerprint density at radius 1 is 1.41 bits per heavy atom. The fraction of sp³-hybridized carbons (Fsp3) is 0.421. The van der Waals surface area contributed by atoms with Crippen LogP contribution in [0, 0.1) is 0 Å². The van der Waals surface area contributed by atoms with Crippen LogP contribution in [0.4, 0.5) is 5.13 Å².